The van der Waals surface area contributed by atoms with Gasteiger partial charge in [-0.15, -0.1) is 0 Å². The molecular formula is C16H26FN. The molecule has 0 aliphatic carbocycles. The minimum absolute atomic E-state index is 0.0418. The Morgan fingerprint density at radius 1 is 1.22 bits per heavy atom. The van der Waals surface area contributed by atoms with Crippen molar-refractivity contribution in [3.8, 4) is 0 Å². The summed E-state index contributed by atoms with van der Waals surface area (Å²) in [7, 11) is 0. The minimum Gasteiger partial charge on any atom is -0.309 e. The second-order valence-corrected chi connectivity index (χ2v) is 6.44. The van der Waals surface area contributed by atoms with Crippen LogP contribution in [-0.4, -0.2) is 12.1 Å². The summed E-state index contributed by atoms with van der Waals surface area (Å²) in [6.45, 7) is 10.9. The summed E-state index contributed by atoms with van der Waals surface area (Å²) in [4.78, 5) is 0. The van der Waals surface area contributed by atoms with Gasteiger partial charge in [0, 0.05) is 12.1 Å². The summed E-state index contributed by atoms with van der Waals surface area (Å²) in [5, 5.41) is 3.21. The van der Waals surface area contributed by atoms with Crippen LogP contribution in [0, 0.1) is 5.92 Å². The smallest absolute Gasteiger partial charge is 0.138 e. The first-order valence-corrected chi connectivity index (χ1v) is 6.76. The van der Waals surface area contributed by atoms with Crippen molar-refractivity contribution < 1.29 is 4.39 Å². The summed E-state index contributed by atoms with van der Waals surface area (Å²) < 4.78 is 14.1. The molecule has 0 amide bonds. The van der Waals surface area contributed by atoms with Gasteiger partial charge in [-0.3, -0.25) is 0 Å². The Bertz CT molecular complexity index is 366. The number of rotatable bonds is 5. The fraction of sp³-hybridized carbons (Fsp3) is 0.625. The van der Waals surface area contributed by atoms with E-state index in [-0.39, 0.29) is 5.54 Å². The van der Waals surface area contributed by atoms with E-state index in [1.165, 1.54) is 5.56 Å². The van der Waals surface area contributed by atoms with Crippen LogP contribution in [0.1, 0.15) is 51.9 Å². The molecule has 0 heterocycles. The van der Waals surface area contributed by atoms with Crippen LogP contribution in [0.2, 0.25) is 0 Å². The third-order valence-electron chi connectivity index (χ3n) is 2.77. The zero-order valence-corrected chi connectivity index (χ0v) is 12.3. The Balaban J connectivity index is 2.65. The van der Waals surface area contributed by atoms with Crippen molar-refractivity contribution in [3.63, 3.8) is 0 Å². The van der Waals surface area contributed by atoms with Gasteiger partial charge in [-0.1, -0.05) is 38.1 Å². The topological polar surface area (TPSA) is 12.0 Å². The lowest BCUT2D eigenvalue weighted by molar-refractivity contribution is 0.291. The Hall–Kier alpha value is -0.890. The van der Waals surface area contributed by atoms with Crippen LogP contribution in [-0.2, 0) is 6.42 Å². The minimum atomic E-state index is -0.934. The van der Waals surface area contributed by atoms with Gasteiger partial charge in [-0.2, -0.15) is 0 Å². The molecule has 0 spiro atoms. The van der Waals surface area contributed by atoms with Crippen molar-refractivity contribution in [2.75, 3.05) is 6.54 Å². The molecule has 1 atom stereocenters. The van der Waals surface area contributed by atoms with Crippen molar-refractivity contribution in [2.45, 2.75) is 52.8 Å². The van der Waals surface area contributed by atoms with Crippen molar-refractivity contribution >= 4 is 0 Å². The monoisotopic (exact) mass is 251 g/mol. The molecule has 1 nitrogen and oxygen atoms in total. The maximum Gasteiger partial charge on any atom is 0.138 e. The summed E-state index contributed by atoms with van der Waals surface area (Å²) in [6.07, 6.45) is 0.0733. The van der Waals surface area contributed by atoms with E-state index in [0.717, 1.165) is 12.0 Å². The first-order valence-electron chi connectivity index (χ1n) is 6.76. The van der Waals surface area contributed by atoms with Gasteiger partial charge in [0.25, 0.3) is 0 Å². The van der Waals surface area contributed by atoms with Crippen molar-refractivity contribution in [1.82, 2.24) is 5.32 Å². The zero-order valence-electron chi connectivity index (χ0n) is 12.3. The van der Waals surface area contributed by atoms with E-state index < -0.39 is 6.17 Å². The maximum atomic E-state index is 14.1. The molecule has 0 saturated heterocycles. The van der Waals surface area contributed by atoms with Crippen LogP contribution in [0.15, 0.2) is 24.3 Å². The molecule has 1 rings (SSSR count). The van der Waals surface area contributed by atoms with E-state index in [1.807, 2.05) is 18.2 Å². The van der Waals surface area contributed by atoms with Gasteiger partial charge in [-0.05, 0) is 44.2 Å². The highest BCUT2D eigenvalue weighted by atomic mass is 19.1. The lowest BCUT2D eigenvalue weighted by Gasteiger charge is -2.22. The molecule has 102 valence electrons. The van der Waals surface area contributed by atoms with E-state index >= 15 is 0 Å². The van der Waals surface area contributed by atoms with E-state index in [4.69, 9.17) is 0 Å². The normalized spacial score (nSPS) is 13.9. The summed E-state index contributed by atoms with van der Waals surface area (Å²) >= 11 is 0. The molecule has 0 bridgehead atoms. The van der Waals surface area contributed by atoms with Crippen LogP contribution in [0.5, 0.6) is 0 Å². The van der Waals surface area contributed by atoms with Crippen LogP contribution in [0.3, 0.4) is 0 Å². The third kappa shape index (κ3) is 5.63. The van der Waals surface area contributed by atoms with Gasteiger partial charge < -0.3 is 5.32 Å². The fourth-order valence-corrected chi connectivity index (χ4v) is 1.90. The molecule has 0 aromatic heterocycles. The predicted octanol–water partition coefficient (Wildman–Crippen LogP) is 4.28. The Morgan fingerprint density at radius 3 is 2.44 bits per heavy atom. The molecule has 1 unspecified atom stereocenters. The highest BCUT2D eigenvalue weighted by Gasteiger charge is 2.15. The molecular weight excluding hydrogens is 225 g/mol. The molecule has 0 aliphatic rings. The Kier molecular flexibility index (Phi) is 5.33. The van der Waals surface area contributed by atoms with Crippen molar-refractivity contribution in [1.29, 1.82) is 0 Å². The van der Waals surface area contributed by atoms with E-state index in [2.05, 4.69) is 46.0 Å². The second kappa shape index (κ2) is 6.33. The molecule has 1 aromatic carbocycles. The standard InChI is InChI=1S/C16H26FN/c1-12(2)9-13-7-6-8-14(10-13)15(17)11-18-16(3,4)5/h6-8,10,12,15,18H,9,11H2,1-5H3. The van der Waals surface area contributed by atoms with E-state index in [1.54, 1.807) is 0 Å². The first kappa shape index (κ1) is 15.2. The fourth-order valence-electron chi connectivity index (χ4n) is 1.90. The molecule has 0 aliphatic heterocycles. The van der Waals surface area contributed by atoms with E-state index in [9.17, 15) is 4.39 Å². The maximum absolute atomic E-state index is 14.1. The highest BCUT2D eigenvalue weighted by molar-refractivity contribution is 5.25. The Morgan fingerprint density at radius 2 is 1.89 bits per heavy atom. The number of hydrogen-bond donors (Lipinski definition) is 1. The molecule has 1 aromatic rings. The van der Waals surface area contributed by atoms with Crippen LogP contribution in [0.4, 0.5) is 4.39 Å². The number of benzene rings is 1. The van der Waals surface area contributed by atoms with Gasteiger partial charge in [0.2, 0.25) is 0 Å². The van der Waals surface area contributed by atoms with E-state index in [0.29, 0.717) is 12.5 Å². The van der Waals surface area contributed by atoms with Gasteiger partial charge in [0.05, 0.1) is 0 Å². The van der Waals surface area contributed by atoms with Crippen LogP contribution >= 0.6 is 0 Å². The van der Waals surface area contributed by atoms with Gasteiger partial charge in [0.1, 0.15) is 6.17 Å². The number of nitrogens with one attached hydrogen (secondary N) is 1. The van der Waals surface area contributed by atoms with Crippen molar-refractivity contribution in [2.24, 2.45) is 5.92 Å². The van der Waals surface area contributed by atoms with Crippen molar-refractivity contribution in [3.05, 3.63) is 35.4 Å². The number of halogens is 1. The summed E-state index contributed by atoms with van der Waals surface area (Å²) in [6, 6.07) is 7.90. The van der Waals surface area contributed by atoms with Gasteiger partial charge in [-0.25, -0.2) is 4.39 Å². The molecule has 18 heavy (non-hydrogen) atoms. The van der Waals surface area contributed by atoms with Crippen LogP contribution in [0.25, 0.3) is 0 Å². The second-order valence-electron chi connectivity index (χ2n) is 6.44. The summed E-state index contributed by atoms with van der Waals surface area (Å²) in [5.74, 6) is 0.603. The quantitative estimate of drug-likeness (QED) is 0.823. The molecule has 0 fully saturated rings. The number of hydrogen-bond acceptors (Lipinski definition) is 1. The lowest BCUT2D eigenvalue weighted by atomic mass is 9.99. The molecule has 1 N–H and O–H groups in total. The Labute approximate surface area is 111 Å². The molecule has 0 saturated carbocycles. The average molecular weight is 251 g/mol. The molecule has 2 heteroatoms. The summed E-state index contributed by atoms with van der Waals surface area (Å²) in [5.41, 5.74) is 1.96. The zero-order chi connectivity index (χ0) is 13.8. The first-order chi connectivity index (χ1) is 8.28. The van der Waals surface area contributed by atoms with Gasteiger partial charge >= 0.3 is 0 Å². The largest absolute Gasteiger partial charge is 0.309 e. The lowest BCUT2D eigenvalue weighted by Crippen LogP contribution is -2.37. The predicted molar refractivity (Wildman–Crippen MR) is 76.6 cm³/mol. The SMILES string of the molecule is CC(C)Cc1cccc(C(F)CNC(C)(C)C)c1. The highest BCUT2D eigenvalue weighted by Crippen LogP contribution is 2.20. The number of alkyl halides is 1. The molecule has 0 radical (unpaired) electrons. The third-order valence-corrected chi connectivity index (χ3v) is 2.77. The van der Waals surface area contributed by atoms with Crippen LogP contribution < -0.4 is 5.32 Å². The average Bonchev–Trinajstić information content (AvgIpc) is 2.24. The van der Waals surface area contributed by atoms with Gasteiger partial charge in [0.15, 0.2) is 0 Å².